The maximum atomic E-state index is 11.9. The Morgan fingerprint density at radius 1 is 1.33 bits per heavy atom. The molecular weight excluding hydrogens is 258 g/mol. The maximum absolute atomic E-state index is 11.9. The quantitative estimate of drug-likeness (QED) is 0.807. The number of nitrogens with one attached hydrogen (secondary N) is 2. The van der Waals surface area contributed by atoms with E-state index in [1.54, 1.807) is 12.1 Å². The van der Waals surface area contributed by atoms with E-state index in [1.165, 1.54) is 12.1 Å². The number of hydrogen-bond acceptors (Lipinski definition) is 2. The van der Waals surface area contributed by atoms with Gasteiger partial charge in [0.2, 0.25) is 0 Å². The molecule has 0 fully saturated rings. The van der Waals surface area contributed by atoms with E-state index in [4.69, 9.17) is 12.2 Å². The molecule has 2 N–H and O–H groups in total. The van der Waals surface area contributed by atoms with Crippen LogP contribution >= 0.6 is 12.2 Å². The predicted octanol–water partition coefficient (Wildman–Crippen LogP) is 3.37. The van der Waals surface area contributed by atoms with E-state index in [-0.39, 0.29) is 11.8 Å². The fraction of sp³-hybridized carbons (Fsp3) is 0.417. The zero-order valence-corrected chi connectivity index (χ0v) is 11.1. The van der Waals surface area contributed by atoms with Gasteiger partial charge in [-0.25, -0.2) is 0 Å². The maximum Gasteiger partial charge on any atom is 0.387 e. The minimum Gasteiger partial charge on any atom is -0.435 e. The van der Waals surface area contributed by atoms with Crippen molar-refractivity contribution in [3.05, 3.63) is 24.3 Å². The summed E-state index contributed by atoms with van der Waals surface area (Å²) >= 11 is 5.11. The molecule has 1 aromatic carbocycles. The van der Waals surface area contributed by atoms with Crippen LogP contribution in [0.4, 0.5) is 14.5 Å². The minimum atomic E-state index is -2.81. The smallest absolute Gasteiger partial charge is 0.387 e. The van der Waals surface area contributed by atoms with Gasteiger partial charge in [-0.3, -0.25) is 0 Å². The van der Waals surface area contributed by atoms with Gasteiger partial charge in [-0.2, -0.15) is 8.78 Å². The monoisotopic (exact) mass is 274 g/mol. The highest BCUT2D eigenvalue weighted by atomic mass is 32.1. The summed E-state index contributed by atoms with van der Waals surface area (Å²) in [6.07, 6.45) is 0.961. The minimum absolute atomic E-state index is 0.122. The number of rotatable bonds is 5. The number of halogens is 2. The fourth-order valence-corrected chi connectivity index (χ4v) is 1.53. The van der Waals surface area contributed by atoms with Crippen molar-refractivity contribution in [2.75, 3.05) is 5.32 Å². The lowest BCUT2D eigenvalue weighted by Crippen LogP contribution is -2.35. The number of hydrogen-bond donors (Lipinski definition) is 2. The highest BCUT2D eigenvalue weighted by molar-refractivity contribution is 7.80. The normalized spacial score (nSPS) is 12.1. The van der Waals surface area contributed by atoms with Gasteiger partial charge in [-0.05, 0) is 49.8 Å². The van der Waals surface area contributed by atoms with Gasteiger partial charge in [0.25, 0.3) is 0 Å². The molecule has 0 aliphatic carbocycles. The van der Waals surface area contributed by atoms with Gasteiger partial charge in [0, 0.05) is 11.7 Å². The first kappa shape index (κ1) is 14.6. The van der Waals surface area contributed by atoms with Gasteiger partial charge >= 0.3 is 6.61 Å². The second-order valence-electron chi connectivity index (χ2n) is 3.81. The third-order valence-electron chi connectivity index (χ3n) is 2.33. The summed E-state index contributed by atoms with van der Waals surface area (Å²) in [5.41, 5.74) is 0.720. The first-order chi connectivity index (χ1) is 8.51. The van der Waals surface area contributed by atoms with Crippen LogP contribution in [0.25, 0.3) is 0 Å². The summed E-state index contributed by atoms with van der Waals surface area (Å²) < 4.78 is 28.1. The molecule has 1 rings (SSSR count). The van der Waals surface area contributed by atoms with Gasteiger partial charge in [0.05, 0.1) is 0 Å². The lowest BCUT2D eigenvalue weighted by Gasteiger charge is -2.15. The summed E-state index contributed by atoms with van der Waals surface area (Å²) in [6.45, 7) is 1.27. The predicted molar refractivity (Wildman–Crippen MR) is 72.2 cm³/mol. The van der Waals surface area contributed by atoms with Crippen molar-refractivity contribution in [2.24, 2.45) is 0 Å². The second-order valence-corrected chi connectivity index (χ2v) is 4.22. The fourth-order valence-electron chi connectivity index (χ4n) is 1.21. The van der Waals surface area contributed by atoms with E-state index in [1.807, 2.05) is 6.92 Å². The highest BCUT2D eigenvalue weighted by Gasteiger charge is 2.05. The third-order valence-corrected chi connectivity index (χ3v) is 2.55. The van der Waals surface area contributed by atoms with Crippen LogP contribution in [-0.2, 0) is 0 Å². The number of thiocarbonyl (C=S) groups is 1. The average Bonchev–Trinajstić information content (AvgIpc) is 2.30. The van der Waals surface area contributed by atoms with Crippen molar-refractivity contribution >= 4 is 23.0 Å². The number of anilines is 1. The molecule has 1 aromatic rings. The molecule has 0 heterocycles. The molecule has 0 aromatic heterocycles. The highest BCUT2D eigenvalue weighted by Crippen LogP contribution is 2.17. The Balaban J connectivity index is 2.50. The molecule has 0 bridgehead atoms. The Morgan fingerprint density at radius 3 is 2.44 bits per heavy atom. The zero-order valence-electron chi connectivity index (χ0n) is 10.2. The van der Waals surface area contributed by atoms with Crippen LogP contribution in [0.5, 0.6) is 5.75 Å². The van der Waals surface area contributed by atoms with E-state index >= 15 is 0 Å². The van der Waals surface area contributed by atoms with Gasteiger partial charge in [-0.15, -0.1) is 0 Å². The Hall–Kier alpha value is -1.43. The topological polar surface area (TPSA) is 33.3 Å². The first-order valence-corrected chi connectivity index (χ1v) is 6.04. The van der Waals surface area contributed by atoms with Crippen LogP contribution in [0, 0.1) is 0 Å². The van der Waals surface area contributed by atoms with Crippen molar-refractivity contribution in [3.63, 3.8) is 0 Å². The third kappa shape index (κ3) is 5.27. The van der Waals surface area contributed by atoms with E-state index in [2.05, 4.69) is 22.3 Å². The molecule has 0 radical (unpaired) electrons. The lowest BCUT2D eigenvalue weighted by atomic mass is 10.3. The zero-order chi connectivity index (χ0) is 13.5. The molecule has 0 aliphatic heterocycles. The number of ether oxygens (including phenoxy) is 1. The van der Waals surface area contributed by atoms with Crippen LogP contribution in [0.1, 0.15) is 20.3 Å². The Labute approximate surface area is 111 Å². The molecule has 0 saturated carbocycles. The second kappa shape index (κ2) is 7.10. The molecule has 3 nitrogen and oxygen atoms in total. The molecule has 0 aliphatic rings. The number of alkyl halides is 2. The van der Waals surface area contributed by atoms with Crippen LogP contribution in [0.3, 0.4) is 0 Å². The average molecular weight is 274 g/mol. The van der Waals surface area contributed by atoms with Crippen molar-refractivity contribution in [1.29, 1.82) is 0 Å². The molecular formula is C12H16F2N2OS. The van der Waals surface area contributed by atoms with Crippen LogP contribution < -0.4 is 15.4 Å². The summed E-state index contributed by atoms with van der Waals surface area (Å²) in [7, 11) is 0. The van der Waals surface area contributed by atoms with Crippen molar-refractivity contribution in [3.8, 4) is 5.75 Å². The lowest BCUT2D eigenvalue weighted by molar-refractivity contribution is -0.0498. The molecule has 6 heteroatoms. The van der Waals surface area contributed by atoms with Crippen LogP contribution in [0.15, 0.2) is 24.3 Å². The molecule has 100 valence electrons. The van der Waals surface area contributed by atoms with E-state index in [9.17, 15) is 8.78 Å². The number of benzene rings is 1. The molecule has 18 heavy (non-hydrogen) atoms. The van der Waals surface area contributed by atoms with Gasteiger partial charge in [0.1, 0.15) is 5.75 Å². The molecule has 0 amide bonds. The largest absolute Gasteiger partial charge is 0.435 e. The summed E-state index contributed by atoms with van der Waals surface area (Å²) in [5, 5.41) is 6.57. The first-order valence-electron chi connectivity index (χ1n) is 5.63. The molecule has 0 saturated heterocycles. The summed E-state index contributed by atoms with van der Waals surface area (Å²) in [6, 6.07) is 6.46. The van der Waals surface area contributed by atoms with Crippen molar-refractivity contribution < 1.29 is 13.5 Å². The van der Waals surface area contributed by atoms with E-state index in [0.29, 0.717) is 5.11 Å². The van der Waals surface area contributed by atoms with Crippen molar-refractivity contribution in [2.45, 2.75) is 32.9 Å². The summed E-state index contributed by atoms with van der Waals surface area (Å²) in [5.74, 6) is 0.122. The van der Waals surface area contributed by atoms with Gasteiger partial charge in [-0.1, -0.05) is 6.92 Å². The standard InChI is InChI=1S/C12H16F2N2OS/c1-3-8(2)15-12(18)16-9-4-6-10(7-5-9)17-11(13)14/h4-8,11H,3H2,1-2H3,(H2,15,16,18)/t8-/m0/s1. The molecule has 1 atom stereocenters. The van der Waals surface area contributed by atoms with E-state index < -0.39 is 6.61 Å². The summed E-state index contributed by atoms with van der Waals surface area (Å²) in [4.78, 5) is 0. The van der Waals surface area contributed by atoms with Gasteiger partial charge in [0.15, 0.2) is 5.11 Å². The Kier molecular flexibility index (Phi) is 5.77. The van der Waals surface area contributed by atoms with Crippen LogP contribution in [-0.4, -0.2) is 17.8 Å². The Bertz CT molecular complexity index is 384. The van der Waals surface area contributed by atoms with Gasteiger partial charge < -0.3 is 15.4 Å². The molecule has 0 unspecified atom stereocenters. The van der Waals surface area contributed by atoms with E-state index in [0.717, 1.165) is 12.1 Å². The Morgan fingerprint density at radius 2 is 1.94 bits per heavy atom. The van der Waals surface area contributed by atoms with Crippen molar-refractivity contribution in [1.82, 2.24) is 5.32 Å². The SMILES string of the molecule is CC[C@H](C)NC(=S)Nc1ccc(OC(F)F)cc1. The molecule has 0 spiro atoms. The van der Waals surface area contributed by atoms with Crippen LogP contribution in [0.2, 0.25) is 0 Å².